The first kappa shape index (κ1) is 35.7. The fourth-order valence-corrected chi connectivity index (χ4v) is 11.2. The van der Waals surface area contributed by atoms with E-state index >= 15 is 0 Å². The van der Waals surface area contributed by atoms with E-state index in [9.17, 15) is 0 Å². The zero-order chi connectivity index (χ0) is 43.0. The molecule has 0 aliphatic carbocycles. The standard InChI is InChI=1S/C64H36N2/c1-5-13-43-33-55-47(29-39(43)9-1)21-25-51-59(52-26-22-48-30-40-10-2-6-14-44(40)34-56(48)62(52)65-61(51)55)37-17-19-38(20-18-37)60-53-27-23-49-31-41-11-3-7-15-45(41)35-57(49)63(53)66-64-54(60)28-24-50-32-42-12-4-8-16-46(42)36-58(50)64/h1-36H. The summed E-state index contributed by atoms with van der Waals surface area (Å²) in [6, 6.07) is 80.7. The van der Waals surface area contributed by atoms with Gasteiger partial charge in [0, 0.05) is 54.2 Å². The van der Waals surface area contributed by atoms with Crippen molar-refractivity contribution in [3.05, 3.63) is 218 Å². The maximum absolute atomic E-state index is 5.65. The molecule has 13 aromatic carbocycles. The van der Waals surface area contributed by atoms with Gasteiger partial charge in [-0.05, 0) is 124 Å². The molecule has 302 valence electrons. The Morgan fingerprint density at radius 3 is 0.652 bits per heavy atom. The van der Waals surface area contributed by atoms with Gasteiger partial charge in [0.2, 0.25) is 0 Å². The lowest BCUT2D eigenvalue weighted by molar-refractivity contribution is 1.53. The van der Waals surface area contributed by atoms with Crippen LogP contribution in [0.3, 0.4) is 0 Å². The number of fused-ring (bicyclic) bond motifs is 16. The molecule has 0 amide bonds. The number of pyridine rings is 2. The number of aromatic nitrogens is 2. The number of benzene rings is 13. The maximum Gasteiger partial charge on any atom is 0.0794 e. The van der Waals surface area contributed by atoms with Gasteiger partial charge in [-0.2, -0.15) is 0 Å². The van der Waals surface area contributed by atoms with Crippen LogP contribution in [0.1, 0.15) is 0 Å². The molecule has 0 unspecified atom stereocenters. The Morgan fingerprint density at radius 1 is 0.182 bits per heavy atom. The summed E-state index contributed by atoms with van der Waals surface area (Å²) in [7, 11) is 0. The number of rotatable bonds is 2. The van der Waals surface area contributed by atoms with Crippen LogP contribution in [0.15, 0.2) is 218 Å². The van der Waals surface area contributed by atoms with E-state index in [1.807, 2.05) is 0 Å². The van der Waals surface area contributed by atoms with Crippen molar-refractivity contribution in [1.82, 2.24) is 9.97 Å². The Labute approximate surface area is 378 Å². The SMILES string of the molecule is c1ccc2cc3c(ccc4c(-c5ccc(-c6c7ccc8cc9ccccc9cc8c7nc7c6ccc6cc8ccccc8cc67)cc5)c5ccc6cc7ccccc7cc6c5nc43)cc2c1. The molecule has 2 nitrogen and oxygen atoms in total. The molecule has 0 atom stereocenters. The van der Waals surface area contributed by atoms with E-state index in [0.29, 0.717) is 0 Å². The summed E-state index contributed by atoms with van der Waals surface area (Å²) in [6.07, 6.45) is 0. The first-order chi connectivity index (χ1) is 32.7. The van der Waals surface area contributed by atoms with Crippen molar-refractivity contribution in [1.29, 1.82) is 0 Å². The van der Waals surface area contributed by atoms with Gasteiger partial charge in [-0.25, -0.2) is 9.97 Å². The van der Waals surface area contributed by atoms with Gasteiger partial charge in [-0.3, -0.25) is 0 Å². The largest absolute Gasteiger partial charge is 0.246 e. The molecule has 2 heterocycles. The molecule has 2 heteroatoms. The van der Waals surface area contributed by atoms with Crippen molar-refractivity contribution >= 4 is 130 Å². The summed E-state index contributed by atoms with van der Waals surface area (Å²) >= 11 is 0. The third kappa shape index (κ3) is 5.18. The van der Waals surface area contributed by atoms with E-state index in [1.165, 1.54) is 97.3 Å². The fraction of sp³-hybridized carbons (Fsp3) is 0. The van der Waals surface area contributed by atoms with Crippen LogP contribution in [-0.4, -0.2) is 9.97 Å². The fourth-order valence-electron chi connectivity index (χ4n) is 11.2. The summed E-state index contributed by atoms with van der Waals surface area (Å²) in [6.45, 7) is 0. The minimum absolute atomic E-state index is 1.02. The molecule has 0 aliphatic heterocycles. The summed E-state index contributed by atoms with van der Waals surface area (Å²) in [5, 5.41) is 23.8. The van der Waals surface area contributed by atoms with Crippen LogP contribution in [0.5, 0.6) is 0 Å². The highest BCUT2D eigenvalue weighted by molar-refractivity contribution is 6.25. The molecule has 15 aromatic rings. The monoisotopic (exact) mass is 832 g/mol. The van der Waals surface area contributed by atoms with Gasteiger partial charge in [0.25, 0.3) is 0 Å². The molecule has 0 radical (unpaired) electrons. The Hall–Kier alpha value is -8.72. The van der Waals surface area contributed by atoms with Gasteiger partial charge >= 0.3 is 0 Å². The van der Waals surface area contributed by atoms with Gasteiger partial charge in [0.1, 0.15) is 0 Å². The molecule has 0 spiro atoms. The van der Waals surface area contributed by atoms with E-state index in [-0.39, 0.29) is 0 Å². The summed E-state index contributed by atoms with van der Waals surface area (Å²) in [5.74, 6) is 0. The predicted octanol–water partition coefficient (Wildman–Crippen LogP) is 17.6. The molecular formula is C64H36N2. The summed E-state index contributed by atoms with van der Waals surface area (Å²) in [5.41, 5.74) is 8.82. The molecule has 0 N–H and O–H groups in total. The van der Waals surface area contributed by atoms with Gasteiger partial charge in [0.05, 0.1) is 22.1 Å². The number of hydrogen-bond acceptors (Lipinski definition) is 2. The first-order valence-corrected chi connectivity index (χ1v) is 22.8. The van der Waals surface area contributed by atoms with Gasteiger partial charge in [-0.15, -0.1) is 0 Å². The molecule has 0 fully saturated rings. The topological polar surface area (TPSA) is 25.8 Å². The van der Waals surface area contributed by atoms with Crippen LogP contribution >= 0.6 is 0 Å². The van der Waals surface area contributed by atoms with Crippen molar-refractivity contribution in [2.45, 2.75) is 0 Å². The van der Waals surface area contributed by atoms with Crippen LogP contribution in [0.4, 0.5) is 0 Å². The van der Waals surface area contributed by atoms with Crippen molar-refractivity contribution in [3.63, 3.8) is 0 Å². The molecule has 0 saturated carbocycles. The average molecular weight is 833 g/mol. The average Bonchev–Trinajstić information content (AvgIpc) is 3.37. The van der Waals surface area contributed by atoms with Crippen LogP contribution in [-0.2, 0) is 0 Å². The third-order valence-corrected chi connectivity index (χ3v) is 14.4. The highest BCUT2D eigenvalue weighted by atomic mass is 14.7. The van der Waals surface area contributed by atoms with Crippen molar-refractivity contribution in [3.8, 4) is 22.3 Å². The molecule has 2 aromatic heterocycles. The van der Waals surface area contributed by atoms with E-state index in [0.717, 1.165) is 54.7 Å². The quantitative estimate of drug-likeness (QED) is 0.128. The van der Waals surface area contributed by atoms with Crippen LogP contribution in [0, 0.1) is 0 Å². The smallest absolute Gasteiger partial charge is 0.0794 e. The summed E-state index contributed by atoms with van der Waals surface area (Å²) < 4.78 is 0. The minimum Gasteiger partial charge on any atom is -0.246 e. The lowest BCUT2D eigenvalue weighted by Gasteiger charge is -2.17. The van der Waals surface area contributed by atoms with Crippen LogP contribution in [0.2, 0.25) is 0 Å². The predicted molar refractivity (Wildman–Crippen MR) is 283 cm³/mol. The second kappa shape index (κ2) is 13.4. The minimum atomic E-state index is 1.02. The number of hydrogen-bond donors (Lipinski definition) is 0. The van der Waals surface area contributed by atoms with E-state index in [4.69, 9.17) is 9.97 Å². The Balaban J connectivity index is 1.02. The Kier molecular flexibility index (Phi) is 7.25. The van der Waals surface area contributed by atoms with E-state index in [1.54, 1.807) is 0 Å². The second-order valence-corrected chi connectivity index (χ2v) is 18.1. The normalized spacial score (nSPS) is 12.2. The van der Waals surface area contributed by atoms with E-state index < -0.39 is 0 Å². The lowest BCUT2D eigenvalue weighted by atomic mass is 9.89. The van der Waals surface area contributed by atoms with Crippen molar-refractivity contribution in [2.24, 2.45) is 0 Å². The molecular weight excluding hydrogens is 797 g/mol. The molecule has 0 bridgehead atoms. The van der Waals surface area contributed by atoms with Crippen LogP contribution < -0.4 is 0 Å². The van der Waals surface area contributed by atoms with Gasteiger partial charge < -0.3 is 0 Å². The third-order valence-electron chi connectivity index (χ3n) is 14.4. The van der Waals surface area contributed by atoms with Gasteiger partial charge in [-0.1, -0.05) is 170 Å². The molecule has 15 rings (SSSR count). The zero-order valence-corrected chi connectivity index (χ0v) is 35.7. The highest BCUT2D eigenvalue weighted by Crippen LogP contribution is 2.45. The maximum atomic E-state index is 5.65. The summed E-state index contributed by atoms with van der Waals surface area (Å²) in [4.78, 5) is 11.3. The zero-order valence-electron chi connectivity index (χ0n) is 35.7. The molecule has 0 aliphatic rings. The molecule has 66 heavy (non-hydrogen) atoms. The number of nitrogens with zero attached hydrogens (tertiary/aromatic N) is 2. The first-order valence-electron chi connectivity index (χ1n) is 22.8. The van der Waals surface area contributed by atoms with Gasteiger partial charge in [0.15, 0.2) is 0 Å². The van der Waals surface area contributed by atoms with Crippen molar-refractivity contribution < 1.29 is 0 Å². The lowest BCUT2D eigenvalue weighted by Crippen LogP contribution is -1.94. The Morgan fingerprint density at radius 2 is 0.409 bits per heavy atom. The highest BCUT2D eigenvalue weighted by Gasteiger charge is 2.20. The second-order valence-electron chi connectivity index (χ2n) is 18.1. The van der Waals surface area contributed by atoms with E-state index in [2.05, 4.69) is 218 Å². The van der Waals surface area contributed by atoms with Crippen molar-refractivity contribution in [2.75, 3.05) is 0 Å². The van der Waals surface area contributed by atoms with Crippen LogP contribution in [0.25, 0.3) is 152 Å². The molecule has 0 saturated heterocycles. The Bertz CT molecular complexity index is 4060.